The van der Waals surface area contributed by atoms with Gasteiger partial charge in [-0.3, -0.25) is 14.9 Å². The number of carboxylic acid groups (broad SMARTS) is 1. The number of pyridine rings is 1. The van der Waals surface area contributed by atoms with Crippen molar-refractivity contribution in [3.8, 4) is 16.9 Å². The Morgan fingerprint density at radius 2 is 1.62 bits per heavy atom. The smallest absolute Gasteiger partial charge is 0.409 e. The summed E-state index contributed by atoms with van der Waals surface area (Å²) in [6.07, 6.45) is 0.144. The van der Waals surface area contributed by atoms with Crippen molar-refractivity contribution in [2.45, 2.75) is 70.8 Å². The zero-order chi connectivity index (χ0) is 38.3. The number of nitrogens with one attached hydrogen (secondary N) is 3. The normalized spacial score (nSPS) is 12.4. The Labute approximate surface area is 312 Å². The number of anilines is 2. The Balaban J connectivity index is 1.19. The third kappa shape index (κ3) is 9.81. The lowest BCUT2D eigenvalue weighted by Gasteiger charge is -2.39. The summed E-state index contributed by atoms with van der Waals surface area (Å²) in [5.41, 5.74) is 6.04. The van der Waals surface area contributed by atoms with Crippen molar-refractivity contribution in [2.24, 2.45) is 0 Å². The molecule has 4 aromatic carbocycles. The number of benzene rings is 4. The van der Waals surface area contributed by atoms with E-state index in [9.17, 15) is 24.6 Å². The lowest BCUT2D eigenvalue weighted by atomic mass is 9.99. The summed E-state index contributed by atoms with van der Waals surface area (Å²) in [5, 5.41) is 26.7. The van der Waals surface area contributed by atoms with E-state index >= 15 is 0 Å². The van der Waals surface area contributed by atoms with Crippen LogP contribution in [0.2, 0.25) is 18.1 Å². The number of aromatic hydroxyl groups is 1. The van der Waals surface area contributed by atoms with Gasteiger partial charge in [-0.15, -0.1) is 0 Å². The van der Waals surface area contributed by atoms with Crippen LogP contribution in [0.1, 0.15) is 56.4 Å². The van der Waals surface area contributed by atoms with Crippen LogP contribution in [0.15, 0.2) is 102 Å². The number of amides is 2. The van der Waals surface area contributed by atoms with Crippen LogP contribution in [0.3, 0.4) is 0 Å². The summed E-state index contributed by atoms with van der Waals surface area (Å²) >= 11 is 0. The van der Waals surface area contributed by atoms with Crippen LogP contribution in [0.25, 0.3) is 22.0 Å². The van der Waals surface area contributed by atoms with Crippen molar-refractivity contribution in [1.82, 2.24) is 10.3 Å². The van der Waals surface area contributed by atoms with Gasteiger partial charge in [0.1, 0.15) is 5.75 Å². The molecular formula is C42H50N4O6Si. The molecule has 0 aliphatic carbocycles. The molecule has 1 atom stereocenters. The molecular weight excluding hydrogens is 685 g/mol. The van der Waals surface area contributed by atoms with Gasteiger partial charge in [0.25, 0.3) is 0 Å². The Bertz CT molecular complexity index is 2110. The summed E-state index contributed by atoms with van der Waals surface area (Å²) in [6, 6.07) is 29.9. The molecule has 0 saturated heterocycles. The maximum Gasteiger partial charge on any atom is 0.409 e. The van der Waals surface area contributed by atoms with Gasteiger partial charge < -0.3 is 29.8 Å². The van der Waals surface area contributed by atoms with Gasteiger partial charge in [0.15, 0.2) is 8.32 Å². The van der Waals surface area contributed by atoms with Crippen molar-refractivity contribution in [3.05, 3.63) is 124 Å². The van der Waals surface area contributed by atoms with Gasteiger partial charge in [-0.05, 0) is 83.6 Å². The van der Waals surface area contributed by atoms with Crippen LogP contribution >= 0.6 is 0 Å². The SMILES string of the molecule is CN(C(=O)CCCc1ccc(-c2ccccc2)c(NC(=O)O)c1)c1ccc(CNC[C@H](O[Si](C)(C)C(C)(C)C)c2ccc(O)c3[nH]c(=O)ccc23)cc1. The second-order valence-corrected chi connectivity index (χ2v) is 19.7. The first-order chi connectivity index (χ1) is 25.1. The topological polar surface area (TPSA) is 144 Å². The van der Waals surface area contributed by atoms with Crippen LogP contribution in [0, 0.1) is 0 Å². The van der Waals surface area contributed by atoms with Gasteiger partial charge in [-0.25, -0.2) is 4.79 Å². The molecule has 2 amide bonds. The van der Waals surface area contributed by atoms with Gasteiger partial charge in [0.05, 0.1) is 17.3 Å². The summed E-state index contributed by atoms with van der Waals surface area (Å²) < 4.78 is 6.92. The highest BCUT2D eigenvalue weighted by Crippen LogP contribution is 2.41. The molecule has 1 heterocycles. The molecule has 0 radical (unpaired) electrons. The van der Waals surface area contributed by atoms with Gasteiger partial charge in [-0.1, -0.05) is 81.4 Å². The maximum atomic E-state index is 13.1. The number of phenolic OH excluding ortho intramolecular Hbond substituents is 1. The Kier molecular flexibility index (Phi) is 12.2. The van der Waals surface area contributed by atoms with Crippen molar-refractivity contribution >= 4 is 42.6 Å². The van der Waals surface area contributed by atoms with E-state index in [1.807, 2.05) is 78.9 Å². The molecule has 11 heteroatoms. The third-order valence-electron chi connectivity index (χ3n) is 10.1. The third-order valence-corrected chi connectivity index (χ3v) is 14.6. The molecule has 278 valence electrons. The molecule has 0 aliphatic rings. The van der Waals surface area contributed by atoms with Crippen molar-refractivity contribution in [3.63, 3.8) is 0 Å². The molecule has 10 nitrogen and oxygen atoms in total. The van der Waals surface area contributed by atoms with Gasteiger partial charge in [0.2, 0.25) is 11.5 Å². The zero-order valence-electron chi connectivity index (χ0n) is 31.3. The molecule has 5 rings (SSSR count). The molecule has 1 aromatic heterocycles. The Morgan fingerprint density at radius 3 is 2.30 bits per heavy atom. The Morgan fingerprint density at radius 1 is 0.925 bits per heavy atom. The molecule has 0 spiro atoms. The van der Waals surface area contributed by atoms with E-state index in [2.05, 4.69) is 49.5 Å². The van der Waals surface area contributed by atoms with Crippen LogP contribution in [-0.4, -0.2) is 49.1 Å². The molecule has 0 aliphatic heterocycles. The highest BCUT2D eigenvalue weighted by atomic mass is 28.4. The highest BCUT2D eigenvalue weighted by Gasteiger charge is 2.39. The first-order valence-corrected chi connectivity index (χ1v) is 20.8. The van der Waals surface area contributed by atoms with Crippen LogP contribution < -0.4 is 21.1 Å². The van der Waals surface area contributed by atoms with Crippen LogP contribution in [0.5, 0.6) is 5.75 Å². The standard InChI is InChI=1S/C42H50N4O6Si/c1-42(2,3)53(5,6)52-37(33-21-23-36(47)40-34(33)22-24-38(48)45-40)27-43-26-29-15-18-31(19-16-29)46(4)39(49)14-10-11-28-17-20-32(30-12-8-7-9-13-30)35(25-28)44-41(50)51/h7-9,12-13,15-25,37,43-44,47H,10-11,14,26-27H2,1-6H3,(H,45,48)(H,50,51)/t37-/m0/s1. The van der Waals surface area contributed by atoms with E-state index in [1.54, 1.807) is 24.1 Å². The average molecular weight is 735 g/mol. The number of aromatic nitrogens is 1. The number of hydrogen-bond donors (Lipinski definition) is 5. The summed E-state index contributed by atoms with van der Waals surface area (Å²) in [4.78, 5) is 41.1. The number of rotatable bonds is 14. The lowest BCUT2D eigenvalue weighted by molar-refractivity contribution is -0.118. The van der Waals surface area contributed by atoms with E-state index in [4.69, 9.17) is 4.43 Å². The molecule has 0 saturated carbocycles. The van der Waals surface area contributed by atoms with E-state index in [-0.39, 0.29) is 28.4 Å². The van der Waals surface area contributed by atoms with Crippen LogP contribution in [-0.2, 0) is 22.2 Å². The zero-order valence-corrected chi connectivity index (χ0v) is 32.3. The number of aromatic amines is 1. The number of H-pyrrole nitrogens is 1. The maximum absolute atomic E-state index is 13.1. The predicted octanol–water partition coefficient (Wildman–Crippen LogP) is 8.83. The molecule has 5 aromatic rings. The number of fused-ring (bicyclic) bond motifs is 1. The van der Waals surface area contributed by atoms with Crippen molar-refractivity contribution in [2.75, 3.05) is 23.8 Å². The number of carbonyl (C=O) groups is 2. The Hall–Kier alpha value is -5.23. The number of phenols is 1. The summed E-state index contributed by atoms with van der Waals surface area (Å²) in [7, 11) is -0.437. The summed E-state index contributed by atoms with van der Waals surface area (Å²) in [6.45, 7) is 12.1. The fourth-order valence-corrected chi connectivity index (χ4v) is 7.34. The van der Waals surface area contributed by atoms with E-state index in [0.29, 0.717) is 43.6 Å². The lowest BCUT2D eigenvalue weighted by Crippen LogP contribution is -2.43. The molecule has 0 bridgehead atoms. The minimum atomic E-state index is -2.21. The number of nitrogens with zero attached hydrogens (tertiary/aromatic N) is 1. The molecule has 0 fully saturated rings. The fraction of sp³-hybridized carbons (Fsp3) is 0.310. The van der Waals surface area contributed by atoms with Crippen molar-refractivity contribution < 1.29 is 24.2 Å². The van der Waals surface area contributed by atoms with Crippen LogP contribution in [0.4, 0.5) is 16.2 Å². The van der Waals surface area contributed by atoms with Gasteiger partial charge in [-0.2, -0.15) is 0 Å². The quantitative estimate of drug-likeness (QED) is 0.0718. The largest absolute Gasteiger partial charge is 0.506 e. The predicted molar refractivity (Wildman–Crippen MR) is 215 cm³/mol. The second-order valence-electron chi connectivity index (χ2n) is 14.9. The number of carbonyl (C=O) groups excluding carboxylic acids is 1. The minimum Gasteiger partial charge on any atom is -0.506 e. The van der Waals surface area contributed by atoms with Gasteiger partial charge in [0, 0.05) is 49.3 Å². The molecule has 5 N–H and O–H groups in total. The highest BCUT2D eigenvalue weighted by molar-refractivity contribution is 6.74. The van der Waals surface area contributed by atoms with Gasteiger partial charge >= 0.3 is 6.09 Å². The van der Waals surface area contributed by atoms with E-state index in [0.717, 1.165) is 38.9 Å². The monoisotopic (exact) mass is 734 g/mol. The number of hydrogen-bond acceptors (Lipinski definition) is 6. The fourth-order valence-electron chi connectivity index (χ4n) is 6.06. The number of aryl methyl sites for hydroxylation is 1. The summed E-state index contributed by atoms with van der Waals surface area (Å²) in [5.74, 6) is 0.00993. The van der Waals surface area contributed by atoms with E-state index < -0.39 is 14.4 Å². The first-order valence-electron chi connectivity index (χ1n) is 17.9. The molecule has 53 heavy (non-hydrogen) atoms. The molecule has 0 unspecified atom stereocenters. The second kappa shape index (κ2) is 16.6. The minimum absolute atomic E-state index is 0.00578. The van der Waals surface area contributed by atoms with Crippen molar-refractivity contribution in [1.29, 1.82) is 0 Å². The average Bonchev–Trinajstić information content (AvgIpc) is 3.11. The van der Waals surface area contributed by atoms with E-state index in [1.165, 1.54) is 6.07 Å². The first kappa shape index (κ1) is 39.0.